The van der Waals surface area contributed by atoms with Crippen LogP contribution in [-0.4, -0.2) is 32.4 Å². The second-order valence-electron chi connectivity index (χ2n) is 13.4. The maximum atomic E-state index is 13.5. The summed E-state index contributed by atoms with van der Waals surface area (Å²) in [5.74, 6) is -0.297. The van der Waals surface area contributed by atoms with Gasteiger partial charge < -0.3 is 36.8 Å². The number of nitrogens with one attached hydrogen (secondary N) is 2. The van der Waals surface area contributed by atoms with Gasteiger partial charge in [0, 0.05) is 61.6 Å². The maximum absolute atomic E-state index is 13.5. The molecule has 2 amide bonds. The Morgan fingerprint density at radius 1 is 0.943 bits per heavy atom. The first kappa shape index (κ1) is 39.5. The molecule has 0 unspecified atom stereocenters. The number of aromatic nitrogens is 2. The van der Waals surface area contributed by atoms with E-state index in [4.69, 9.17) is 14.8 Å². The molecular formula is C43H44N4O5Y-2. The Morgan fingerprint density at radius 3 is 2.40 bits per heavy atom. The van der Waals surface area contributed by atoms with Gasteiger partial charge in [-0.25, -0.2) is 15.8 Å². The normalized spacial score (nSPS) is 13.1. The summed E-state index contributed by atoms with van der Waals surface area (Å²) in [4.78, 5) is 42.5. The molecule has 4 aromatic carbocycles. The molecule has 1 aromatic heterocycles. The topological polar surface area (TPSA) is 123 Å². The number of hydrogen-bond donors (Lipinski definition) is 3. The van der Waals surface area contributed by atoms with E-state index < -0.39 is 17.8 Å². The number of carbonyl (C=O) groups is 3. The Bertz CT molecular complexity index is 2130. The van der Waals surface area contributed by atoms with Crippen molar-refractivity contribution >= 4 is 40.6 Å². The van der Waals surface area contributed by atoms with Crippen LogP contribution >= 0.6 is 0 Å². The van der Waals surface area contributed by atoms with E-state index in [-0.39, 0.29) is 45.2 Å². The molecule has 10 heteroatoms. The average molecular weight is 786 g/mol. The molecule has 1 aliphatic carbocycles. The molecule has 1 fully saturated rings. The number of carboxylic acids is 1. The van der Waals surface area contributed by atoms with Crippen LogP contribution in [0.2, 0.25) is 0 Å². The molecule has 53 heavy (non-hydrogen) atoms. The first-order valence-electron chi connectivity index (χ1n) is 17.7. The average Bonchev–Trinajstić information content (AvgIpc) is 3.52. The van der Waals surface area contributed by atoms with E-state index in [1.165, 1.54) is 29.2 Å². The first-order valence-corrected chi connectivity index (χ1v) is 17.7. The minimum atomic E-state index is -1.05. The van der Waals surface area contributed by atoms with E-state index in [0.717, 1.165) is 60.0 Å². The van der Waals surface area contributed by atoms with Crippen molar-refractivity contribution < 1.29 is 56.9 Å². The number of amides is 2. The Balaban J connectivity index is 0.00000541. The molecule has 5 aromatic rings. The van der Waals surface area contributed by atoms with E-state index in [0.29, 0.717) is 35.0 Å². The summed E-state index contributed by atoms with van der Waals surface area (Å²) in [6, 6.07) is 25.2. The number of carbonyl (C=O) groups excluding carboxylic acids is 2. The second kappa shape index (κ2) is 17.9. The van der Waals surface area contributed by atoms with Crippen molar-refractivity contribution in [1.29, 1.82) is 0 Å². The van der Waals surface area contributed by atoms with Crippen molar-refractivity contribution in [3.8, 4) is 17.1 Å². The molecule has 0 atom stereocenters. The third-order valence-corrected chi connectivity index (χ3v) is 9.60. The van der Waals surface area contributed by atoms with Gasteiger partial charge in [-0.2, -0.15) is 0 Å². The van der Waals surface area contributed by atoms with Crippen LogP contribution in [0.3, 0.4) is 0 Å². The fourth-order valence-electron chi connectivity index (χ4n) is 6.73. The molecule has 0 bridgehead atoms. The van der Waals surface area contributed by atoms with Crippen molar-refractivity contribution in [1.82, 2.24) is 14.9 Å². The van der Waals surface area contributed by atoms with Gasteiger partial charge in [0.05, 0.1) is 11.0 Å². The molecule has 1 radical (unpaired) electrons. The van der Waals surface area contributed by atoms with Crippen molar-refractivity contribution in [3.05, 3.63) is 131 Å². The van der Waals surface area contributed by atoms with E-state index in [2.05, 4.69) is 73.2 Å². The summed E-state index contributed by atoms with van der Waals surface area (Å²) in [5.41, 5.74) is 8.87. The molecule has 1 saturated carbocycles. The van der Waals surface area contributed by atoms with Crippen LogP contribution in [0.25, 0.3) is 28.5 Å². The molecular weight excluding hydrogens is 741 g/mol. The molecule has 3 N–H and O–H groups in total. The number of rotatable bonds is 12. The van der Waals surface area contributed by atoms with Crippen LogP contribution in [0.4, 0.5) is 5.69 Å². The van der Waals surface area contributed by atoms with Gasteiger partial charge in [0.15, 0.2) is 0 Å². The number of aliphatic carboxylic acids is 1. The van der Waals surface area contributed by atoms with Gasteiger partial charge >= 0.3 is 5.97 Å². The Labute approximate surface area is 336 Å². The quantitative estimate of drug-likeness (QED) is 0.0858. The number of benzene rings is 4. The van der Waals surface area contributed by atoms with Gasteiger partial charge in [-0.3, -0.25) is 11.2 Å². The van der Waals surface area contributed by atoms with Gasteiger partial charge in [-0.1, -0.05) is 55.2 Å². The molecule has 0 aliphatic heterocycles. The number of fused-ring (bicyclic) bond motifs is 1. The van der Waals surface area contributed by atoms with Crippen LogP contribution < -0.4 is 15.4 Å². The zero-order valence-electron chi connectivity index (χ0n) is 30.4. The SMILES string of the molecule is [CH2-]C[C-](NC(=O)c1ccc2c(c1)nc(-c1ccc(OCc3cc(C)ccc3C)cc1C)n2C1CCCCC1)C(=O)Nc1ccc(/C=C/C(=O)O)cc1.[Y]. The fourth-order valence-corrected chi connectivity index (χ4v) is 6.73. The van der Waals surface area contributed by atoms with Crippen LogP contribution in [0, 0.1) is 33.7 Å². The van der Waals surface area contributed by atoms with Crippen molar-refractivity contribution in [2.45, 2.75) is 71.9 Å². The summed E-state index contributed by atoms with van der Waals surface area (Å²) < 4.78 is 8.58. The number of imidazole rings is 1. The Hall–Kier alpha value is -4.73. The van der Waals surface area contributed by atoms with Crippen molar-refractivity contribution in [3.63, 3.8) is 0 Å². The minimum absolute atomic E-state index is 0. The molecule has 271 valence electrons. The minimum Gasteiger partial charge on any atom is -0.489 e. The molecule has 0 saturated heterocycles. The maximum Gasteiger partial charge on any atom is 0.328 e. The standard InChI is InChI=1S/C43H44N4O5.Y/c1-5-37(43(51)44-33-17-13-30(14-18-33)15-22-40(48)49)46-42(50)31-16-21-39-38(25-31)45-41(47(39)34-9-7-6-8-10-34)36-20-19-35(24-29(36)4)52-26-32-23-27(2)11-12-28(32)3;/h11-25,34H,1,5-10,26H2,2-4H3,(H,44,51)(H,46,50)(H,48,49);/q-2;/b22-15+;. The molecule has 9 nitrogen and oxygen atoms in total. The Kier molecular flexibility index (Phi) is 13.3. The molecule has 6 rings (SSSR count). The summed E-state index contributed by atoms with van der Waals surface area (Å²) in [7, 11) is 0. The predicted molar refractivity (Wildman–Crippen MR) is 205 cm³/mol. The zero-order valence-corrected chi connectivity index (χ0v) is 33.3. The summed E-state index contributed by atoms with van der Waals surface area (Å²) in [5, 5.41) is 14.4. The summed E-state index contributed by atoms with van der Waals surface area (Å²) >= 11 is 0. The smallest absolute Gasteiger partial charge is 0.328 e. The van der Waals surface area contributed by atoms with Crippen LogP contribution in [0.5, 0.6) is 5.75 Å². The second-order valence-corrected chi connectivity index (χ2v) is 13.4. The molecule has 1 heterocycles. The van der Waals surface area contributed by atoms with Crippen LogP contribution in [0.1, 0.15) is 82.7 Å². The van der Waals surface area contributed by atoms with Crippen molar-refractivity contribution in [2.24, 2.45) is 0 Å². The largest absolute Gasteiger partial charge is 0.489 e. The van der Waals surface area contributed by atoms with Gasteiger partial charge in [0.1, 0.15) is 24.1 Å². The van der Waals surface area contributed by atoms with Crippen LogP contribution in [0.15, 0.2) is 84.9 Å². The third-order valence-electron chi connectivity index (χ3n) is 9.60. The van der Waals surface area contributed by atoms with E-state index in [1.807, 2.05) is 12.1 Å². The van der Waals surface area contributed by atoms with E-state index in [9.17, 15) is 14.4 Å². The van der Waals surface area contributed by atoms with Gasteiger partial charge in [-0.05, 0) is 110 Å². The van der Waals surface area contributed by atoms with E-state index >= 15 is 0 Å². The van der Waals surface area contributed by atoms with Gasteiger partial charge in [0.25, 0.3) is 0 Å². The predicted octanol–water partition coefficient (Wildman–Crippen LogP) is 8.93. The number of hydrogen-bond acceptors (Lipinski definition) is 5. The summed E-state index contributed by atoms with van der Waals surface area (Å²) in [6.45, 7) is 10.6. The van der Waals surface area contributed by atoms with Gasteiger partial charge in [-0.15, -0.1) is 0 Å². The molecule has 0 spiro atoms. The third kappa shape index (κ3) is 9.64. The van der Waals surface area contributed by atoms with Gasteiger partial charge in [0.2, 0.25) is 5.91 Å². The number of carboxylic acid groups (broad SMARTS) is 1. The Morgan fingerprint density at radius 2 is 1.70 bits per heavy atom. The zero-order chi connectivity index (χ0) is 36.8. The number of nitrogens with zero attached hydrogens (tertiary/aromatic N) is 2. The first-order chi connectivity index (χ1) is 25.1. The number of ether oxygens (including phenoxy) is 1. The van der Waals surface area contributed by atoms with Crippen LogP contribution in [-0.2, 0) is 48.9 Å². The number of anilines is 1. The molecule has 1 aliphatic rings. The summed E-state index contributed by atoms with van der Waals surface area (Å²) in [6.07, 6.45) is 8.23. The fraction of sp³-hybridized carbons (Fsp3) is 0.256. The van der Waals surface area contributed by atoms with Crippen molar-refractivity contribution in [2.75, 3.05) is 5.32 Å². The number of aryl methyl sites for hydroxylation is 3. The van der Waals surface area contributed by atoms with E-state index in [1.54, 1.807) is 36.4 Å². The monoisotopic (exact) mass is 785 g/mol.